The maximum absolute atomic E-state index is 12.8. The van der Waals surface area contributed by atoms with Crippen molar-refractivity contribution in [3.63, 3.8) is 0 Å². The predicted octanol–water partition coefficient (Wildman–Crippen LogP) is 3.99. The maximum Gasteiger partial charge on any atom is 0.294 e. The normalized spacial score (nSPS) is 18.1. The summed E-state index contributed by atoms with van der Waals surface area (Å²) in [7, 11) is 0. The first-order valence-electron chi connectivity index (χ1n) is 9.84. The number of phenolic OH excluding ortho intramolecular Hbond substituents is 1. The molecular weight excluding hydrogens is 656 g/mol. The van der Waals surface area contributed by atoms with Gasteiger partial charge in [0.25, 0.3) is 11.1 Å². The molecule has 0 atom stereocenters. The van der Waals surface area contributed by atoms with Gasteiger partial charge in [-0.15, -0.1) is 0 Å². The van der Waals surface area contributed by atoms with Crippen molar-refractivity contribution in [2.24, 2.45) is 0 Å². The molecular formula is C22H19I2N3O4S. The summed E-state index contributed by atoms with van der Waals surface area (Å²) < 4.78 is 1.31. The number of piperazine rings is 1. The van der Waals surface area contributed by atoms with Crippen LogP contribution in [0.4, 0.5) is 10.5 Å². The van der Waals surface area contributed by atoms with Crippen LogP contribution in [0.1, 0.15) is 5.56 Å². The molecule has 3 amide bonds. The number of benzene rings is 2. The number of carbonyl (C=O) groups excluding carboxylic acids is 3. The highest BCUT2D eigenvalue weighted by atomic mass is 127. The van der Waals surface area contributed by atoms with Crippen molar-refractivity contribution in [3.05, 3.63) is 60.1 Å². The van der Waals surface area contributed by atoms with Gasteiger partial charge in [-0.1, -0.05) is 18.2 Å². The van der Waals surface area contributed by atoms with Gasteiger partial charge in [0.15, 0.2) is 0 Å². The summed E-state index contributed by atoms with van der Waals surface area (Å²) in [5.74, 6) is -0.501. The lowest BCUT2D eigenvalue weighted by Gasteiger charge is -2.36. The Morgan fingerprint density at radius 1 is 1.03 bits per heavy atom. The highest BCUT2D eigenvalue weighted by Gasteiger charge is 2.37. The molecule has 0 spiro atoms. The van der Waals surface area contributed by atoms with Crippen molar-refractivity contribution in [2.45, 2.75) is 0 Å². The van der Waals surface area contributed by atoms with Crippen molar-refractivity contribution in [2.75, 3.05) is 37.6 Å². The Kier molecular flexibility index (Phi) is 7.30. The number of anilines is 1. The van der Waals surface area contributed by atoms with Crippen LogP contribution in [0.3, 0.4) is 0 Å². The van der Waals surface area contributed by atoms with Crippen LogP contribution >= 0.6 is 56.9 Å². The van der Waals surface area contributed by atoms with E-state index in [1.165, 1.54) is 0 Å². The van der Waals surface area contributed by atoms with E-state index in [2.05, 4.69) is 4.90 Å². The molecule has 32 heavy (non-hydrogen) atoms. The molecule has 2 aliphatic rings. The molecule has 4 rings (SSSR count). The largest absolute Gasteiger partial charge is 0.506 e. The van der Waals surface area contributed by atoms with Gasteiger partial charge in [-0.25, -0.2) is 0 Å². The van der Waals surface area contributed by atoms with Gasteiger partial charge in [0, 0.05) is 31.9 Å². The highest BCUT2D eigenvalue weighted by molar-refractivity contribution is 14.1. The first kappa shape index (κ1) is 23.4. The number of hydrogen-bond donors (Lipinski definition) is 1. The fourth-order valence-electron chi connectivity index (χ4n) is 3.54. The zero-order valence-electron chi connectivity index (χ0n) is 16.8. The van der Waals surface area contributed by atoms with Crippen LogP contribution in [-0.2, 0) is 9.59 Å². The van der Waals surface area contributed by atoms with E-state index in [4.69, 9.17) is 0 Å². The molecule has 2 heterocycles. The van der Waals surface area contributed by atoms with Gasteiger partial charge in [0.2, 0.25) is 5.91 Å². The average Bonchev–Trinajstić information content (AvgIpc) is 3.05. The van der Waals surface area contributed by atoms with E-state index in [9.17, 15) is 19.5 Å². The van der Waals surface area contributed by atoms with E-state index in [-0.39, 0.29) is 23.1 Å². The van der Waals surface area contributed by atoms with Crippen molar-refractivity contribution in [3.8, 4) is 5.75 Å². The molecule has 10 heteroatoms. The van der Waals surface area contributed by atoms with Gasteiger partial charge in [0.1, 0.15) is 12.3 Å². The van der Waals surface area contributed by atoms with Crippen LogP contribution in [0.15, 0.2) is 47.4 Å². The number of thioether (sulfide) groups is 1. The number of amides is 3. The number of hydrogen-bond acceptors (Lipinski definition) is 6. The summed E-state index contributed by atoms with van der Waals surface area (Å²) in [4.78, 5) is 43.2. The molecule has 0 aliphatic carbocycles. The Morgan fingerprint density at radius 3 is 2.28 bits per heavy atom. The smallest absolute Gasteiger partial charge is 0.294 e. The number of carbonyl (C=O) groups is 3. The van der Waals surface area contributed by atoms with Crippen LogP contribution in [0.2, 0.25) is 0 Å². The third-order valence-corrected chi connectivity index (χ3v) is 7.81. The molecule has 0 bridgehead atoms. The number of aromatic hydroxyl groups is 1. The lowest BCUT2D eigenvalue weighted by molar-refractivity contribution is -0.136. The Morgan fingerprint density at radius 2 is 1.66 bits per heavy atom. The number of rotatable bonds is 4. The quantitative estimate of drug-likeness (QED) is 0.391. The summed E-state index contributed by atoms with van der Waals surface area (Å²) in [6.45, 7) is 2.25. The number of halogens is 2. The molecule has 2 saturated heterocycles. The monoisotopic (exact) mass is 675 g/mol. The summed E-state index contributed by atoms with van der Waals surface area (Å²) in [6.07, 6.45) is 1.62. The fraction of sp³-hybridized carbons (Fsp3) is 0.227. The second-order valence-corrected chi connectivity index (χ2v) is 10.6. The van der Waals surface area contributed by atoms with Crippen LogP contribution in [0, 0.1) is 7.14 Å². The first-order valence-corrected chi connectivity index (χ1v) is 12.8. The van der Waals surface area contributed by atoms with E-state index in [0.717, 1.165) is 22.3 Å². The molecule has 2 aromatic carbocycles. The van der Waals surface area contributed by atoms with Gasteiger partial charge < -0.3 is 14.9 Å². The van der Waals surface area contributed by atoms with Crippen molar-refractivity contribution >= 4 is 85.8 Å². The average molecular weight is 675 g/mol. The third-order valence-electron chi connectivity index (χ3n) is 5.26. The molecule has 2 aliphatic heterocycles. The minimum Gasteiger partial charge on any atom is -0.506 e. The first-order chi connectivity index (χ1) is 15.3. The van der Waals surface area contributed by atoms with Crippen molar-refractivity contribution in [1.29, 1.82) is 0 Å². The van der Waals surface area contributed by atoms with Crippen LogP contribution in [-0.4, -0.2) is 64.7 Å². The second-order valence-electron chi connectivity index (χ2n) is 7.30. The van der Waals surface area contributed by atoms with Crippen LogP contribution in [0.5, 0.6) is 5.75 Å². The Hall–Kier alpha value is -1.80. The third kappa shape index (κ3) is 5.06. The van der Waals surface area contributed by atoms with Gasteiger partial charge in [-0.3, -0.25) is 19.3 Å². The minimum absolute atomic E-state index is 0.189. The highest BCUT2D eigenvalue weighted by Crippen LogP contribution is 2.34. The topological polar surface area (TPSA) is 81.2 Å². The summed E-state index contributed by atoms with van der Waals surface area (Å²) in [5, 5.41) is 9.47. The van der Waals surface area contributed by atoms with Gasteiger partial charge >= 0.3 is 0 Å². The summed E-state index contributed by atoms with van der Waals surface area (Å²) >= 11 is 4.86. The standard InChI is InChI=1S/C22H19I2N3O4S/c23-16-10-14(11-17(24)20(16)29)12-18-21(30)27(22(31)32-18)13-19(28)26-8-6-25(7-9-26)15-4-2-1-3-5-15/h1-5,10-12,29H,6-9,13H2/b18-12+. The van der Waals surface area contributed by atoms with E-state index in [0.29, 0.717) is 38.9 Å². The summed E-state index contributed by atoms with van der Waals surface area (Å²) in [5.41, 5.74) is 1.83. The van der Waals surface area contributed by atoms with Gasteiger partial charge in [-0.05, 0) is 92.8 Å². The lowest BCUT2D eigenvalue weighted by atomic mass is 10.2. The zero-order chi connectivity index (χ0) is 22.8. The molecule has 0 unspecified atom stereocenters. The maximum atomic E-state index is 12.8. The number of phenols is 1. The van der Waals surface area contributed by atoms with Crippen LogP contribution in [0.25, 0.3) is 6.08 Å². The molecule has 2 fully saturated rings. The lowest BCUT2D eigenvalue weighted by Crippen LogP contribution is -2.51. The number of imide groups is 1. The Bertz CT molecular complexity index is 1080. The predicted molar refractivity (Wildman–Crippen MR) is 141 cm³/mol. The molecule has 1 N–H and O–H groups in total. The Balaban J connectivity index is 1.39. The van der Waals surface area contributed by atoms with Crippen molar-refractivity contribution < 1.29 is 19.5 Å². The fourth-order valence-corrected chi connectivity index (χ4v) is 6.20. The molecule has 0 radical (unpaired) electrons. The van der Waals surface area contributed by atoms with E-state index < -0.39 is 11.1 Å². The summed E-state index contributed by atoms with van der Waals surface area (Å²) in [6, 6.07) is 13.5. The van der Waals surface area contributed by atoms with E-state index in [1.807, 2.05) is 75.5 Å². The molecule has 7 nitrogen and oxygen atoms in total. The van der Waals surface area contributed by atoms with Gasteiger partial charge in [-0.2, -0.15) is 0 Å². The number of para-hydroxylation sites is 1. The molecule has 166 valence electrons. The number of nitrogens with zero attached hydrogens (tertiary/aromatic N) is 3. The molecule has 0 aromatic heterocycles. The van der Waals surface area contributed by atoms with Crippen molar-refractivity contribution in [1.82, 2.24) is 9.80 Å². The van der Waals surface area contributed by atoms with Gasteiger partial charge in [0.05, 0.1) is 12.0 Å². The van der Waals surface area contributed by atoms with Crippen LogP contribution < -0.4 is 4.90 Å². The Labute approximate surface area is 217 Å². The zero-order valence-corrected chi connectivity index (χ0v) is 22.0. The molecule has 2 aromatic rings. The minimum atomic E-state index is -0.464. The second kappa shape index (κ2) is 10.00. The van der Waals surface area contributed by atoms with E-state index in [1.54, 1.807) is 23.1 Å². The van der Waals surface area contributed by atoms with E-state index >= 15 is 0 Å². The molecule has 0 saturated carbocycles. The SMILES string of the molecule is O=C(CN1C(=O)S/C(=C/c2cc(I)c(O)c(I)c2)C1=O)N1CCN(c2ccccc2)CC1.